The summed E-state index contributed by atoms with van der Waals surface area (Å²) in [6.07, 6.45) is 5.59. The first-order valence-corrected chi connectivity index (χ1v) is 5.75. The maximum Gasteiger partial charge on any atom is 0.136 e. The van der Waals surface area contributed by atoms with Crippen molar-refractivity contribution in [3.63, 3.8) is 0 Å². The molecule has 2 aromatic carbocycles. The van der Waals surface area contributed by atoms with Crippen molar-refractivity contribution in [2.24, 2.45) is 0 Å². The quantitative estimate of drug-likeness (QED) is 0.341. The largest absolute Gasteiger partial charge is 0.263 e. The molecule has 0 aliphatic rings. The Morgan fingerprint density at radius 3 is 2.18 bits per heavy atom. The highest BCUT2D eigenvalue weighted by Gasteiger charge is 2.10. The second-order valence-electron chi connectivity index (χ2n) is 4.15. The van der Waals surface area contributed by atoms with Crippen LogP contribution >= 0.6 is 11.6 Å². The van der Waals surface area contributed by atoms with Gasteiger partial charge in [0.2, 0.25) is 0 Å². The lowest BCUT2D eigenvalue weighted by atomic mass is 9.98. The predicted molar refractivity (Wildman–Crippen MR) is 70.7 cm³/mol. The van der Waals surface area contributed by atoms with E-state index >= 15 is 0 Å². The van der Waals surface area contributed by atoms with Crippen LogP contribution in [0.3, 0.4) is 0 Å². The van der Waals surface area contributed by atoms with Gasteiger partial charge in [0.25, 0.3) is 0 Å². The van der Waals surface area contributed by atoms with Crippen molar-refractivity contribution >= 4 is 43.9 Å². The van der Waals surface area contributed by atoms with Crippen LogP contribution in [0.15, 0.2) is 42.9 Å². The Morgan fingerprint density at radius 1 is 0.765 bits per heavy atom. The SMILES string of the molecule is Clc1ncc2ccc3cncc4ccc1c2c34. The fraction of sp³-hybridized carbons (Fsp3) is 0. The Kier molecular flexibility index (Phi) is 1.64. The van der Waals surface area contributed by atoms with Crippen LogP contribution in [0, 0.1) is 0 Å². The Bertz CT molecular complexity index is 839. The Hall–Kier alpha value is -1.93. The lowest BCUT2D eigenvalue weighted by Crippen LogP contribution is -1.87. The lowest BCUT2D eigenvalue weighted by molar-refractivity contribution is 1.37. The number of aromatic nitrogens is 2. The Morgan fingerprint density at radius 2 is 1.41 bits per heavy atom. The smallest absolute Gasteiger partial charge is 0.136 e. The molecule has 0 amide bonds. The summed E-state index contributed by atoms with van der Waals surface area (Å²) in [6.45, 7) is 0. The molecule has 0 saturated heterocycles. The molecule has 0 spiro atoms. The normalized spacial score (nSPS) is 11.8. The van der Waals surface area contributed by atoms with Gasteiger partial charge in [0.15, 0.2) is 0 Å². The molecule has 0 bridgehead atoms. The van der Waals surface area contributed by atoms with Gasteiger partial charge in [-0.2, -0.15) is 0 Å². The van der Waals surface area contributed by atoms with E-state index in [9.17, 15) is 0 Å². The summed E-state index contributed by atoms with van der Waals surface area (Å²) in [5, 5.41) is 7.37. The van der Waals surface area contributed by atoms with Crippen LogP contribution in [0.5, 0.6) is 0 Å². The van der Waals surface area contributed by atoms with Crippen molar-refractivity contribution in [3.8, 4) is 0 Å². The van der Waals surface area contributed by atoms with E-state index in [-0.39, 0.29) is 0 Å². The van der Waals surface area contributed by atoms with Gasteiger partial charge in [-0.25, -0.2) is 4.98 Å². The molecular formula is C14H7ClN2. The summed E-state index contributed by atoms with van der Waals surface area (Å²) in [4.78, 5) is 8.46. The molecule has 0 unspecified atom stereocenters. The highest BCUT2D eigenvalue weighted by atomic mass is 35.5. The van der Waals surface area contributed by atoms with E-state index < -0.39 is 0 Å². The highest BCUT2D eigenvalue weighted by molar-refractivity contribution is 6.37. The van der Waals surface area contributed by atoms with Gasteiger partial charge >= 0.3 is 0 Å². The van der Waals surface area contributed by atoms with E-state index in [2.05, 4.69) is 22.1 Å². The first kappa shape index (κ1) is 9.14. The Balaban J connectivity index is 2.48. The zero-order valence-corrected chi connectivity index (χ0v) is 9.57. The molecule has 3 heteroatoms. The monoisotopic (exact) mass is 238 g/mol. The van der Waals surface area contributed by atoms with Crippen molar-refractivity contribution in [2.45, 2.75) is 0 Å². The molecule has 17 heavy (non-hydrogen) atoms. The van der Waals surface area contributed by atoms with Gasteiger partial charge in [-0.15, -0.1) is 0 Å². The zero-order chi connectivity index (χ0) is 11.4. The third kappa shape index (κ3) is 1.10. The van der Waals surface area contributed by atoms with Gasteiger partial charge in [0, 0.05) is 50.9 Å². The number of benzene rings is 2. The van der Waals surface area contributed by atoms with E-state index in [1.807, 2.05) is 30.7 Å². The van der Waals surface area contributed by atoms with E-state index in [0.717, 1.165) is 21.5 Å². The summed E-state index contributed by atoms with van der Waals surface area (Å²) >= 11 is 6.16. The van der Waals surface area contributed by atoms with Gasteiger partial charge in [-0.05, 0) is 0 Å². The molecular weight excluding hydrogens is 232 g/mol. The van der Waals surface area contributed by atoms with Crippen molar-refractivity contribution in [2.75, 3.05) is 0 Å². The predicted octanol–water partition coefficient (Wildman–Crippen LogP) is 4.03. The van der Waals surface area contributed by atoms with E-state index in [0.29, 0.717) is 5.15 Å². The highest BCUT2D eigenvalue weighted by Crippen LogP contribution is 2.35. The Labute approximate surface area is 102 Å². The summed E-state index contributed by atoms with van der Waals surface area (Å²) in [5.41, 5.74) is 0. The number of rotatable bonds is 0. The lowest BCUT2D eigenvalue weighted by Gasteiger charge is -2.09. The van der Waals surface area contributed by atoms with Gasteiger partial charge in [0.05, 0.1) is 0 Å². The fourth-order valence-electron chi connectivity index (χ4n) is 2.46. The summed E-state index contributed by atoms with van der Waals surface area (Å²) in [7, 11) is 0. The maximum atomic E-state index is 6.16. The van der Waals surface area contributed by atoms with Crippen molar-refractivity contribution < 1.29 is 0 Å². The third-order valence-electron chi connectivity index (χ3n) is 3.22. The topological polar surface area (TPSA) is 25.8 Å². The molecule has 2 nitrogen and oxygen atoms in total. The second kappa shape index (κ2) is 3.05. The summed E-state index contributed by atoms with van der Waals surface area (Å²) in [5.74, 6) is 0. The van der Waals surface area contributed by atoms with Crippen molar-refractivity contribution in [1.29, 1.82) is 0 Å². The molecule has 2 heterocycles. The first-order chi connectivity index (χ1) is 8.34. The van der Waals surface area contributed by atoms with E-state index in [1.54, 1.807) is 0 Å². The van der Waals surface area contributed by atoms with Crippen LogP contribution in [0.2, 0.25) is 5.15 Å². The molecule has 0 fully saturated rings. The molecule has 4 rings (SSSR count). The van der Waals surface area contributed by atoms with Crippen LogP contribution in [0.25, 0.3) is 32.3 Å². The summed E-state index contributed by atoms with van der Waals surface area (Å²) in [6, 6.07) is 8.20. The maximum absolute atomic E-state index is 6.16. The molecule has 0 radical (unpaired) electrons. The van der Waals surface area contributed by atoms with E-state index in [4.69, 9.17) is 11.6 Å². The number of halogens is 1. The molecule has 0 saturated carbocycles. The molecule has 0 atom stereocenters. The van der Waals surface area contributed by atoms with Gasteiger partial charge < -0.3 is 0 Å². The average molecular weight is 239 g/mol. The molecule has 0 N–H and O–H groups in total. The molecule has 4 aromatic rings. The van der Waals surface area contributed by atoms with Gasteiger partial charge in [-0.3, -0.25) is 4.98 Å². The number of hydrogen-bond donors (Lipinski definition) is 0. The van der Waals surface area contributed by atoms with Crippen molar-refractivity contribution in [3.05, 3.63) is 48.0 Å². The third-order valence-corrected chi connectivity index (χ3v) is 3.53. The minimum atomic E-state index is 0.559. The number of hydrogen-bond acceptors (Lipinski definition) is 2. The number of pyridine rings is 2. The zero-order valence-electron chi connectivity index (χ0n) is 8.81. The van der Waals surface area contributed by atoms with Crippen molar-refractivity contribution in [1.82, 2.24) is 9.97 Å². The molecule has 2 aromatic heterocycles. The van der Waals surface area contributed by atoms with Crippen LogP contribution in [-0.4, -0.2) is 9.97 Å². The van der Waals surface area contributed by atoms with Crippen LogP contribution in [0.4, 0.5) is 0 Å². The average Bonchev–Trinajstić information content (AvgIpc) is 2.38. The van der Waals surface area contributed by atoms with Crippen LogP contribution in [-0.2, 0) is 0 Å². The minimum Gasteiger partial charge on any atom is -0.263 e. The van der Waals surface area contributed by atoms with Gasteiger partial charge in [0.1, 0.15) is 5.15 Å². The molecule has 80 valence electrons. The molecule has 0 aliphatic heterocycles. The van der Waals surface area contributed by atoms with E-state index in [1.165, 1.54) is 10.8 Å². The standard InChI is InChI=1S/C14H7ClN2/c15-14-11-4-3-9-6-16-5-8-1-2-10(7-17-14)13(11)12(8)9/h1-7H. The fourth-order valence-corrected chi connectivity index (χ4v) is 2.67. The minimum absolute atomic E-state index is 0.559. The number of nitrogens with zero attached hydrogens (tertiary/aromatic N) is 2. The summed E-state index contributed by atoms with van der Waals surface area (Å²) < 4.78 is 0. The second-order valence-corrected chi connectivity index (χ2v) is 4.51. The first-order valence-electron chi connectivity index (χ1n) is 5.37. The molecule has 0 aliphatic carbocycles. The van der Waals surface area contributed by atoms with Gasteiger partial charge in [-0.1, -0.05) is 35.9 Å². The van der Waals surface area contributed by atoms with Crippen LogP contribution < -0.4 is 0 Å². The van der Waals surface area contributed by atoms with Crippen LogP contribution in [0.1, 0.15) is 0 Å².